The molecule has 20 heavy (non-hydrogen) atoms. The van der Waals surface area contributed by atoms with E-state index >= 15 is 0 Å². The van der Waals surface area contributed by atoms with Crippen LogP contribution in [0.4, 0.5) is 0 Å². The summed E-state index contributed by atoms with van der Waals surface area (Å²) < 4.78 is 10.1. The highest BCUT2D eigenvalue weighted by Gasteiger charge is 2.40. The molecule has 0 fully saturated rings. The fraction of sp³-hybridized carbons (Fsp3) is 0.400. The van der Waals surface area contributed by atoms with Gasteiger partial charge in [0.2, 0.25) is 5.88 Å². The Morgan fingerprint density at radius 2 is 2.25 bits per heavy atom. The van der Waals surface area contributed by atoms with E-state index in [1.165, 1.54) is 20.3 Å². The van der Waals surface area contributed by atoms with E-state index in [-0.39, 0.29) is 11.8 Å². The maximum absolute atomic E-state index is 12.2. The molecule has 2 rings (SSSR count). The summed E-state index contributed by atoms with van der Waals surface area (Å²) in [6, 6.07) is 3.65. The van der Waals surface area contributed by atoms with Gasteiger partial charge in [0, 0.05) is 18.2 Å². The van der Waals surface area contributed by atoms with Gasteiger partial charge in [0.25, 0.3) is 0 Å². The molecule has 106 valence electrons. The smallest absolute Gasteiger partial charge is 0.316 e. The van der Waals surface area contributed by atoms with Crippen LogP contribution in [-0.4, -0.2) is 31.0 Å². The van der Waals surface area contributed by atoms with Crippen LogP contribution < -0.4 is 4.74 Å². The third-order valence-corrected chi connectivity index (χ3v) is 3.55. The van der Waals surface area contributed by atoms with E-state index in [2.05, 4.69) is 4.98 Å². The Balaban J connectivity index is 2.36. The molecule has 1 unspecified atom stereocenters. The van der Waals surface area contributed by atoms with E-state index in [1.54, 1.807) is 18.3 Å². The highest BCUT2D eigenvalue weighted by molar-refractivity contribution is 5.93. The van der Waals surface area contributed by atoms with Gasteiger partial charge in [-0.2, -0.15) is 0 Å². The summed E-state index contributed by atoms with van der Waals surface area (Å²) in [6.45, 7) is 0. The Kier molecular flexibility index (Phi) is 4.17. The standard InChI is InChI=1S/C15H17NO4/c1-19-13-11(4-3-9-16-13)10-15(14(18)20-2)7-5-12(17)6-8-15/h3-5,7,9H,6,8,10H2,1-2H3. The number of ether oxygens (including phenoxy) is 2. The van der Waals surface area contributed by atoms with E-state index in [0.29, 0.717) is 25.1 Å². The first-order chi connectivity index (χ1) is 9.61. The molecular formula is C15H17NO4. The first-order valence-electron chi connectivity index (χ1n) is 6.40. The quantitative estimate of drug-likeness (QED) is 0.783. The van der Waals surface area contributed by atoms with Crippen molar-refractivity contribution in [2.45, 2.75) is 19.3 Å². The number of carbonyl (C=O) groups is 2. The van der Waals surface area contributed by atoms with Gasteiger partial charge in [-0.3, -0.25) is 9.59 Å². The second kappa shape index (κ2) is 5.86. The van der Waals surface area contributed by atoms with E-state index < -0.39 is 5.41 Å². The minimum Gasteiger partial charge on any atom is -0.481 e. The van der Waals surface area contributed by atoms with Crippen molar-refractivity contribution in [1.29, 1.82) is 0 Å². The zero-order valence-corrected chi connectivity index (χ0v) is 11.6. The predicted molar refractivity (Wildman–Crippen MR) is 72.3 cm³/mol. The van der Waals surface area contributed by atoms with Gasteiger partial charge in [-0.25, -0.2) is 4.98 Å². The number of hydrogen-bond donors (Lipinski definition) is 0. The molecule has 1 aliphatic carbocycles. The predicted octanol–water partition coefficient (Wildman–Crippen LogP) is 1.71. The number of rotatable bonds is 4. The first-order valence-corrected chi connectivity index (χ1v) is 6.40. The second-order valence-corrected chi connectivity index (χ2v) is 4.80. The van der Waals surface area contributed by atoms with Crippen molar-refractivity contribution in [3.63, 3.8) is 0 Å². The molecule has 0 amide bonds. The van der Waals surface area contributed by atoms with Crippen LogP contribution in [0.5, 0.6) is 5.88 Å². The van der Waals surface area contributed by atoms with Crippen LogP contribution in [0, 0.1) is 5.41 Å². The molecule has 0 bridgehead atoms. The van der Waals surface area contributed by atoms with Crippen molar-refractivity contribution in [3.8, 4) is 5.88 Å². The molecule has 0 N–H and O–H groups in total. The maximum Gasteiger partial charge on any atom is 0.316 e. The van der Waals surface area contributed by atoms with Crippen molar-refractivity contribution < 1.29 is 19.1 Å². The van der Waals surface area contributed by atoms with Crippen molar-refractivity contribution in [2.24, 2.45) is 5.41 Å². The van der Waals surface area contributed by atoms with Gasteiger partial charge in [-0.05, 0) is 25.0 Å². The fourth-order valence-electron chi connectivity index (χ4n) is 2.44. The number of ketones is 1. The van der Waals surface area contributed by atoms with E-state index in [9.17, 15) is 9.59 Å². The molecule has 0 aromatic carbocycles. The highest BCUT2D eigenvalue weighted by Crippen LogP contribution is 2.36. The Hall–Kier alpha value is -2.17. The molecule has 1 aliphatic rings. The second-order valence-electron chi connectivity index (χ2n) is 4.80. The number of methoxy groups -OCH3 is 2. The lowest BCUT2D eigenvalue weighted by atomic mass is 9.74. The number of carbonyl (C=O) groups excluding carboxylic acids is 2. The van der Waals surface area contributed by atoms with Crippen LogP contribution in [0.1, 0.15) is 18.4 Å². The van der Waals surface area contributed by atoms with Crippen LogP contribution in [0.25, 0.3) is 0 Å². The number of pyridine rings is 1. The zero-order chi connectivity index (χ0) is 14.6. The van der Waals surface area contributed by atoms with Gasteiger partial charge in [0.15, 0.2) is 5.78 Å². The summed E-state index contributed by atoms with van der Waals surface area (Å²) in [5.41, 5.74) is -0.00158. The van der Waals surface area contributed by atoms with Crippen molar-refractivity contribution in [1.82, 2.24) is 4.98 Å². The minimum atomic E-state index is -0.820. The highest BCUT2D eigenvalue weighted by atomic mass is 16.5. The SMILES string of the molecule is COC(=O)C1(Cc2cccnc2OC)C=CC(=O)CC1. The molecule has 0 saturated carbocycles. The van der Waals surface area contributed by atoms with Gasteiger partial charge in [-0.15, -0.1) is 0 Å². The van der Waals surface area contributed by atoms with Crippen molar-refractivity contribution in [2.75, 3.05) is 14.2 Å². The van der Waals surface area contributed by atoms with Gasteiger partial charge >= 0.3 is 5.97 Å². The number of esters is 1. The molecule has 1 heterocycles. The molecular weight excluding hydrogens is 258 g/mol. The molecule has 5 nitrogen and oxygen atoms in total. The topological polar surface area (TPSA) is 65.5 Å². The lowest BCUT2D eigenvalue weighted by molar-refractivity contribution is -0.150. The van der Waals surface area contributed by atoms with Gasteiger partial charge < -0.3 is 9.47 Å². The number of aromatic nitrogens is 1. The normalized spacial score (nSPS) is 21.6. The van der Waals surface area contributed by atoms with Gasteiger partial charge in [-0.1, -0.05) is 12.1 Å². The maximum atomic E-state index is 12.2. The van der Waals surface area contributed by atoms with Gasteiger partial charge in [0.05, 0.1) is 19.6 Å². The zero-order valence-electron chi connectivity index (χ0n) is 11.6. The van der Waals surface area contributed by atoms with E-state index in [1.807, 2.05) is 6.07 Å². The molecule has 1 aromatic rings. The summed E-state index contributed by atoms with van der Waals surface area (Å²) in [5.74, 6) is 0.177. The lowest BCUT2D eigenvalue weighted by Crippen LogP contribution is -2.35. The summed E-state index contributed by atoms with van der Waals surface area (Å²) in [6.07, 6.45) is 5.93. The Labute approximate surface area is 117 Å². The molecule has 0 radical (unpaired) electrons. The Morgan fingerprint density at radius 3 is 2.85 bits per heavy atom. The lowest BCUT2D eigenvalue weighted by Gasteiger charge is -2.30. The molecule has 0 saturated heterocycles. The number of hydrogen-bond acceptors (Lipinski definition) is 5. The summed E-state index contributed by atoms with van der Waals surface area (Å²) in [7, 11) is 2.89. The van der Waals surface area contributed by atoms with Crippen LogP contribution in [-0.2, 0) is 20.7 Å². The molecule has 1 atom stereocenters. The van der Waals surface area contributed by atoms with Crippen molar-refractivity contribution in [3.05, 3.63) is 36.0 Å². The van der Waals surface area contributed by atoms with Crippen LogP contribution in [0.3, 0.4) is 0 Å². The Morgan fingerprint density at radius 1 is 1.45 bits per heavy atom. The average Bonchev–Trinajstić information content (AvgIpc) is 2.49. The minimum absolute atomic E-state index is 0.0303. The molecule has 5 heteroatoms. The molecule has 0 aliphatic heterocycles. The fourth-order valence-corrected chi connectivity index (χ4v) is 2.44. The summed E-state index contributed by atoms with van der Waals surface area (Å²) in [5, 5.41) is 0. The summed E-state index contributed by atoms with van der Waals surface area (Å²) >= 11 is 0. The first kappa shape index (κ1) is 14.2. The summed E-state index contributed by atoms with van der Waals surface area (Å²) in [4.78, 5) is 27.6. The molecule has 1 aromatic heterocycles. The van der Waals surface area contributed by atoms with Crippen molar-refractivity contribution >= 4 is 11.8 Å². The molecule has 0 spiro atoms. The van der Waals surface area contributed by atoms with Gasteiger partial charge in [0.1, 0.15) is 0 Å². The van der Waals surface area contributed by atoms with Crippen LogP contribution >= 0.6 is 0 Å². The van der Waals surface area contributed by atoms with E-state index in [0.717, 1.165) is 5.56 Å². The average molecular weight is 275 g/mol. The Bertz CT molecular complexity index is 553. The third-order valence-electron chi connectivity index (χ3n) is 3.55. The third kappa shape index (κ3) is 2.71. The van der Waals surface area contributed by atoms with Crippen LogP contribution in [0.2, 0.25) is 0 Å². The monoisotopic (exact) mass is 275 g/mol. The van der Waals surface area contributed by atoms with E-state index in [4.69, 9.17) is 9.47 Å². The largest absolute Gasteiger partial charge is 0.481 e. The number of allylic oxidation sites excluding steroid dienone is 1. The van der Waals surface area contributed by atoms with Crippen LogP contribution in [0.15, 0.2) is 30.5 Å². The number of nitrogens with zero attached hydrogens (tertiary/aromatic N) is 1.